The summed E-state index contributed by atoms with van der Waals surface area (Å²) in [6.07, 6.45) is 3.46. The van der Waals surface area contributed by atoms with E-state index < -0.39 is 0 Å². The number of rotatable bonds is 4. The number of hydrazine groups is 1. The Balaban J connectivity index is 2.13. The number of pyridine rings is 1. The van der Waals surface area contributed by atoms with E-state index in [9.17, 15) is 0 Å². The maximum Gasteiger partial charge on any atom is 0.221 e. The molecule has 0 saturated heterocycles. The molecule has 0 bridgehead atoms. The van der Waals surface area contributed by atoms with Crippen molar-refractivity contribution in [2.75, 3.05) is 5.43 Å². The monoisotopic (exact) mass is 219 g/mol. The molecule has 0 radical (unpaired) electrons. The number of nitrogens with one attached hydrogen (secondary N) is 1. The number of nitrogens with zero attached hydrogens (tertiary/aromatic N) is 3. The second kappa shape index (κ2) is 4.63. The highest BCUT2D eigenvalue weighted by Crippen LogP contribution is 2.19. The molecule has 0 atom stereocenters. The van der Waals surface area contributed by atoms with Gasteiger partial charge in [-0.25, -0.2) is 5.84 Å². The largest absolute Gasteiger partial charge is 0.436 e. The Bertz CT molecular complexity index is 468. The van der Waals surface area contributed by atoms with Crippen LogP contribution >= 0.6 is 0 Å². The van der Waals surface area contributed by atoms with Crippen LogP contribution in [0, 0.1) is 0 Å². The van der Waals surface area contributed by atoms with Gasteiger partial charge in [-0.15, -0.1) is 0 Å². The van der Waals surface area contributed by atoms with Crippen molar-refractivity contribution in [2.45, 2.75) is 13.5 Å². The molecule has 84 valence electrons. The fraction of sp³-hybridized carbons (Fsp3) is 0.200. The van der Waals surface area contributed by atoms with E-state index >= 15 is 0 Å². The number of hydrogen-bond donors (Lipinski definition) is 2. The lowest BCUT2D eigenvalue weighted by Gasteiger charge is -2.03. The SMILES string of the molecule is CCn1cc(Oc2cccc(NN)n2)cn1. The van der Waals surface area contributed by atoms with Gasteiger partial charge in [-0.3, -0.25) is 4.68 Å². The van der Waals surface area contributed by atoms with Gasteiger partial charge in [0.1, 0.15) is 5.82 Å². The lowest BCUT2D eigenvalue weighted by molar-refractivity contribution is 0.462. The number of nitrogen functional groups attached to an aromatic ring is 1. The minimum atomic E-state index is 0.478. The van der Waals surface area contributed by atoms with Gasteiger partial charge < -0.3 is 10.2 Å². The van der Waals surface area contributed by atoms with Gasteiger partial charge in [-0.05, 0) is 13.0 Å². The van der Waals surface area contributed by atoms with Crippen LogP contribution in [-0.2, 0) is 6.54 Å². The molecule has 0 aliphatic heterocycles. The first-order valence-electron chi connectivity index (χ1n) is 4.96. The number of anilines is 1. The zero-order chi connectivity index (χ0) is 11.4. The van der Waals surface area contributed by atoms with E-state index in [2.05, 4.69) is 15.5 Å². The highest BCUT2D eigenvalue weighted by atomic mass is 16.5. The number of aromatic nitrogens is 3. The molecule has 0 unspecified atom stereocenters. The molecule has 2 heterocycles. The van der Waals surface area contributed by atoms with E-state index in [0.717, 1.165) is 6.54 Å². The number of aryl methyl sites for hydroxylation is 1. The Kier molecular flexibility index (Phi) is 3.02. The van der Waals surface area contributed by atoms with Crippen molar-refractivity contribution in [1.29, 1.82) is 0 Å². The molecule has 6 nitrogen and oxygen atoms in total. The molecule has 16 heavy (non-hydrogen) atoms. The highest BCUT2D eigenvalue weighted by Gasteiger charge is 2.02. The quantitative estimate of drug-likeness (QED) is 0.600. The van der Waals surface area contributed by atoms with Gasteiger partial charge in [-0.1, -0.05) is 6.07 Å². The van der Waals surface area contributed by atoms with Crippen LogP contribution in [0.25, 0.3) is 0 Å². The summed E-state index contributed by atoms with van der Waals surface area (Å²) in [5, 5.41) is 4.10. The van der Waals surface area contributed by atoms with Gasteiger partial charge in [0.25, 0.3) is 0 Å². The summed E-state index contributed by atoms with van der Waals surface area (Å²) in [4.78, 5) is 4.13. The summed E-state index contributed by atoms with van der Waals surface area (Å²) in [6.45, 7) is 2.81. The van der Waals surface area contributed by atoms with Crippen molar-refractivity contribution < 1.29 is 4.74 Å². The Hall–Kier alpha value is -2.08. The third-order valence-corrected chi connectivity index (χ3v) is 2.03. The number of ether oxygens (including phenoxy) is 1. The smallest absolute Gasteiger partial charge is 0.221 e. The van der Waals surface area contributed by atoms with Gasteiger partial charge in [0.15, 0.2) is 5.75 Å². The van der Waals surface area contributed by atoms with Crippen LogP contribution in [0.5, 0.6) is 11.6 Å². The van der Waals surface area contributed by atoms with E-state index in [1.165, 1.54) is 0 Å². The van der Waals surface area contributed by atoms with Crippen LogP contribution in [0.15, 0.2) is 30.6 Å². The molecule has 0 aliphatic carbocycles. The van der Waals surface area contributed by atoms with Crippen LogP contribution in [0.1, 0.15) is 6.92 Å². The molecule has 0 spiro atoms. The normalized spacial score (nSPS) is 10.1. The third kappa shape index (κ3) is 2.29. The van der Waals surface area contributed by atoms with Gasteiger partial charge in [0.05, 0.1) is 12.4 Å². The molecular formula is C10H13N5O. The van der Waals surface area contributed by atoms with Crippen LogP contribution in [0.3, 0.4) is 0 Å². The van der Waals surface area contributed by atoms with Crippen LogP contribution in [0.2, 0.25) is 0 Å². The molecule has 0 fully saturated rings. The first-order valence-corrected chi connectivity index (χ1v) is 4.96. The number of nitrogens with two attached hydrogens (primary N) is 1. The van der Waals surface area contributed by atoms with E-state index in [-0.39, 0.29) is 0 Å². The van der Waals surface area contributed by atoms with Crippen molar-refractivity contribution >= 4 is 5.82 Å². The standard InChI is InChI=1S/C10H13N5O/c1-2-15-7-8(6-12-15)16-10-5-3-4-9(13-10)14-11/h3-7H,2,11H2,1H3,(H,13,14). The molecule has 2 aromatic rings. The molecule has 2 rings (SSSR count). The molecule has 3 N–H and O–H groups in total. The summed E-state index contributed by atoms with van der Waals surface area (Å²) < 4.78 is 7.29. The number of hydrogen-bond acceptors (Lipinski definition) is 5. The fourth-order valence-electron chi connectivity index (χ4n) is 1.24. The summed E-state index contributed by atoms with van der Waals surface area (Å²) >= 11 is 0. The molecule has 0 aromatic carbocycles. The zero-order valence-corrected chi connectivity index (χ0v) is 8.92. The maximum absolute atomic E-state index is 5.51. The summed E-state index contributed by atoms with van der Waals surface area (Å²) in [5.74, 6) is 6.94. The topological polar surface area (TPSA) is 78.0 Å². The molecule has 6 heteroatoms. The predicted octanol–water partition coefficient (Wildman–Crippen LogP) is 1.38. The van der Waals surface area contributed by atoms with E-state index in [1.54, 1.807) is 23.0 Å². The van der Waals surface area contributed by atoms with E-state index in [4.69, 9.17) is 10.6 Å². The molecule has 0 saturated carbocycles. The van der Waals surface area contributed by atoms with Gasteiger partial charge >= 0.3 is 0 Å². The Morgan fingerprint density at radius 1 is 1.50 bits per heavy atom. The molecule has 0 amide bonds. The van der Waals surface area contributed by atoms with Crippen molar-refractivity contribution in [3.8, 4) is 11.6 Å². The first-order chi connectivity index (χ1) is 7.81. The van der Waals surface area contributed by atoms with Crippen LogP contribution < -0.4 is 16.0 Å². The molecule has 2 aromatic heterocycles. The summed E-state index contributed by atoms with van der Waals surface area (Å²) in [7, 11) is 0. The molecular weight excluding hydrogens is 206 g/mol. The van der Waals surface area contributed by atoms with Crippen molar-refractivity contribution in [1.82, 2.24) is 14.8 Å². The Morgan fingerprint density at radius 3 is 3.06 bits per heavy atom. The minimum absolute atomic E-state index is 0.478. The second-order valence-corrected chi connectivity index (χ2v) is 3.14. The average molecular weight is 219 g/mol. The predicted molar refractivity (Wildman–Crippen MR) is 60.0 cm³/mol. The lowest BCUT2D eigenvalue weighted by atomic mass is 10.4. The maximum atomic E-state index is 5.51. The average Bonchev–Trinajstić information content (AvgIpc) is 2.77. The van der Waals surface area contributed by atoms with Gasteiger partial charge in [0.2, 0.25) is 5.88 Å². The highest BCUT2D eigenvalue weighted by molar-refractivity contribution is 5.36. The summed E-state index contributed by atoms with van der Waals surface area (Å²) in [6, 6.07) is 5.31. The van der Waals surface area contributed by atoms with E-state index in [0.29, 0.717) is 17.4 Å². The van der Waals surface area contributed by atoms with E-state index in [1.807, 2.05) is 19.2 Å². The minimum Gasteiger partial charge on any atom is -0.436 e. The Labute approximate surface area is 93.0 Å². The Morgan fingerprint density at radius 2 is 2.38 bits per heavy atom. The van der Waals surface area contributed by atoms with Crippen molar-refractivity contribution in [3.05, 3.63) is 30.6 Å². The second-order valence-electron chi connectivity index (χ2n) is 3.14. The van der Waals surface area contributed by atoms with Crippen LogP contribution in [-0.4, -0.2) is 14.8 Å². The van der Waals surface area contributed by atoms with Gasteiger partial charge in [-0.2, -0.15) is 10.1 Å². The fourth-order valence-corrected chi connectivity index (χ4v) is 1.24. The first kappa shape index (κ1) is 10.4. The lowest BCUT2D eigenvalue weighted by Crippen LogP contribution is -2.08. The zero-order valence-electron chi connectivity index (χ0n) is 8.92. The van der Waals surface area contributed by atoms with Crippen molar-refractivity contribution in [3.63, 3.8) is 0 Å². The van der Waals surface area contributed by atoms with Gasteiger partial charge in [0, 0.05) is 12.6 Å². The molecule has 0 aliphatic rings. The summed E-state index contributed by atoms with van der Waals surface area (Å²) in [5.41, 5.74) is 2.46. The third-order valence-electron chi connectivity index (χ3n) is 2.03. The van der Waals surface area contributed by atoms with Crippen LogP contribution in [0.4, 0.5) is 5.82 Å². The van der Waals surface area contributed by atoms with Crippen molar-refractivity contribution in [2.24, 2.45) is 5.84 Å².